The predicted molar refractivity (Wildman–Crippen MR) is 124 cm³/mol. The molecule has 0 radical (unpaired) electrons. The predicted octanol–water partition coefficient (Wildman–Crippen LogP) is 2.47. The zero-order chi connectivity index (χ0) is 21.2. The van der Waals surface area contributed by atoms with Crippen LogP contribution in [0.4, 0.5) is 0 Å². The Morgan fingerprint density at radius 3 is 2.45 bits per heavy atom. The van der Waals surface area contributed by atoms with Gasteiger partial charge in [0, 0.05) is 19.1 Å². The maximum absolute atomic E-state index is 5.81. The molecule has 164 valence electrons. The number of likely N-dealkylation sites (tertiary alicyclic amines) is 1. The largest absolute Gasteiger partial charge is 0.493 e. The zero-order valence-electron chi connectivity index (χ0n) is 18.7. The molecule has 1 aromatic carbocycles. The van der Waals surface area contributed by atoms with Gasteiger partial charge in [0.2, 0.25) is 0 Å². The molecule has 1 N–H and O–H groups in total. The van der Waals surface area contributed by atoms with Crippen LogP contribution in [-0.4, -0.2) is 93.9 Å². The Bertz CT molecular complexity index is 633. The Balaban J connectivity index is 2.00. The molecule has 0 unspecified atom stereocenters. The van der Waals surface area contributed by atoms with Crippen molar-refractivity contribution in [2.45, 2.75) is 31.7 Å². The lowest BCUT2D eigenvalue weighted by Crippen LogP contribution is -2.51. The maximum atomic E-state index is 5.81. The monoisotopic (exact) mass is 422 g/mol. The topological polar surface area (TPSA) is 40.2 Å². The van der Waals surface area contributed by atoms with Crippen molar-refractivity contribution in [3.63, 3.8) is 0 Å². The first-order chi connectivity index (χ1) is 13.9. The Kier molecular flexibility index (Phi) is 9.97. The van der Waals surface area contributed by atoms with E-state index < -0.39 is 0 Å². The number of hydrogen-bond donors (Lipinski definition) is 1. The Labute approximate surface area is 182 Å². The van der Waals surface area contributed by atoms with E-state index in [1.165, 1.54) is 5.56 Å². The third-order valence-corrected chi connectivity index (χ3v) is 5.92. The summed E-state index contributed by atoms with van der Waals surface area (Å²) in [7, 11) is 9.75. The summed E-state index contributed by atoms with van der Waals surface area (Å²) in [6.45, 7) is 5.14. The van der Waals surface area contributed by atoms with Crippen molar-refractivity contribution in [2.24, 2.45) is 0 Å². The van der Waals surface area contributed by atoms with Crippen LogP contribution in [0.5, 0.6) is 11.5 Å². The van der Waals surface area contributed by atoms with Crippen LogP contribution >= 0.6 is 12.2 Å². The van der Waals surface area contributed by atoms with Crippen LogP contribution in [0.2, 0.25) is 0 Å². The first kappa shape index (κ1) is 23.7. The van der Waals surface area contributed by atoms with E-state index >= 15 is 0 Å². The van der Waals surface area contributed by atoms with Gasteiger partial charge in [0.05, 0.1) is 14.2 Å². The lowest BCUT2D eigenvalue weighted by atomic mass is 10.0. The second-order valence-corrected chi connectivity index (χ2v) is 8.44. The van der Waals surface area contributed by atoms with Crippen LogP contribution in [0.3, 0.4) is 0 Å². The average Bonchev–Trinajstić information content (AvgIpc) is 2.72. The highest BCUT2D eigenvalue weighted by Crippen LogP contribution is 2.28. The molecule has 1 aliphatic heterocycles. The van der Waals surface area contributed by atoms with E-state index in [4.69, 9.17) is 21.7 Å². The molecule has 1 saturated heterocycles. The molecule has 0 aromatic heterocycles. The van der Waals surface area contributed by atoms with Crippen LogP contribution in [0.1, 0.15) is 24.8 Å². The molecule has 6 nitrogen and oxygen atoms in total. The minimum absolute atomic E-state index is 0.500. The van der Waals surface area contributed by atoms with Gasteiger partial charge in [-0.05, 0) is 96.4 Å². The first-order valence-corrected chi connectivity index (χ1v) is 10.9. The first-order valence-electron chi connectivity index (χ1n) is 10.5. The van der Waals surface area contributed by atoms with Crippen LogP contribution < -0.4 is 14.8 Å². The van der Waals surface area contributed by atoms with Crippen LogP contribution in [0, 0.1) is 0 Å². The molecule has 1 aromatic rings. The number of thiocarbonyl (C=S) groups is 1. The molecule has 1 fully saturated rings. The highest BCUT2D eigenvalue weighted by atomic mass is 32.1. The van der Waals surface area contributed by atoms with Gasteiger partial charge < -0.3 is 29.5 Å². The van der Waals surface area contributed by atoms with Gasteiger partial charge in [0.15, 0.2) is 16.6 Å². The van der Waals surface area contributed by atoms with Crippen molar-refractivity contribution >= 4 is 17.3 Å². The fourth-order valence-corrected chi connectivity index (χ4v) is 4.08. The summed E-state index contributed by atoms with van der Waals surface area (Å²) in [5.74, 6) is 1.54. The third kappa shape index (κ3) is 7.64. The normalized spacial score (nSPS) is 15.4. The highest BCUT2D eigenvalue weighted by Gasteiger charge is 2.25. The van der Waals surface area contributed by atoms with Crippen LogP contribution in [0.25, 0.3) is 0 Å². The molecule has 2 rings (SSSR count). The SMILES string of the molecule is COc1ccc(CCN(C(=S)NCCCN(C)C)C2CCN(C)CC2)cc1OC. The summed E-state index contributed by atoms with van der Waals surface area (Å²) in [6.07, 6.45) is 4.32. The van der Waals surface area contributed by atoms with E-state index in [0.717, 1.165) is 75.0 Å². The van der Waals surface area contributed by atoms with E-state index in [1.807, 2.05) is 6.07 Å². The van der Waals surface area contributed by atoms with Crippen molar-refractivity contribution in [3.05, 3.63) is 23.8 Å². The molecule has 0 bridgehead atoms. The minimum atomic E-state index is 0.500. The quantitative estimate of drug-likeness (QED) is 0.459. The molecule has 0 aliphatic carbocycles. The van der Waals surface area contributed by atoms with Crippen molar-refractivity contribution < 1.29 is 9.47 Å². The van der Waals surface area contributed by atoms with E-state index in [9.17, 15) is 0 Å². The molecule has 29 heavy (non-hydrogen) atoms. The van der Waals surface area contributed by atoms with Crippen LogP contribution in [0.15, 0.2) is 18.2 Å². The standard InChI is InChI=1S/C22H38N4O2S/c1-24(2)13-6-12-23-22(29)26(19-10-14-25(3)15-11-19)16-9-18-7-8-20(27-4)21(17-18)28-5/h7-8,17,19H,6,9-16H2,1-5H3,(H,23,29). The number of piperidine rings is 1. The fraction of sp³-hybridized carbons (Fsp3) is 0.682. The van der Waals surface area contributed by atoms with Gasteiger partial charge in [0.1, 0.15) is 0 Å². The summed E-state index contributed by atoms with van der Waals surface area (Å²) in [6, 6.07) is 6.66. The minimum Gasteiger partial charge on any atom is -0.493 e. The van der Waals surface area contributed by atoms with E-state index in [1.54, 1.807) is 14.2 Å². The van der Waals surface area contributed by atoms with Gasteiger partial charge in [0.25, 0.3) is 0 Å². The number of nitrogens with one attached hydrogen (secondary N) is 1. The molecule has 1 heterocycles. The van der Waals surface area contributed by atoms with Gasteiger partial charge in [-0.2, -0.15) is 0 Å². The van der Waals surface area contributed by atoms with E-state index in [-0.39, 0.29) is 0 Å². The van der Waals surface area contributed by atoms with E-state index in [0.29, 0.717) is 6.04 Å². The summed E-state index contributed by atoms with van der Waals surface area (Å²) in [5.41, 5.74) is 1.23. The number of hydrogen-bond acceptors (Lipinski definition) is 5. The van der Waals surface area contributed by atoms with Gasteiger partial charge in [-0.3, -0.25) is 0 Å². The number of benzene rings is 1. The summed E-state index contributed by atoms with van der Waals surface area (Å²) in [4.78, 5) is 7.02. The van der Waals surface area contributed by atoms with Crippen molar-refractivity contribution in [2.75, 3.05) is 68.1 Å². The smallest absolute Gasteiger partial charge is 0.169 e. The van der Waals surface area contributed by atoms with Gasteiger partial charge >= 0.3 is 0 Å². The number of ether oxygens (including phenoxy) is 2. The fourth-order valence-electron chi connectivity index (χ4n) is 3.73. The maximum Gasteiger partial charge on any atom is 0.169 e. The van der Waals surface area contributed by atoms with Gasteiger partial charge in [-0.1, -0.05) is 6.07 Å². The number of nitrogens with zero attached hydrogens (tertiary/aromatic N) is 3. The van der Waals surface area contributed by atoms with Crippen molar-refractivity contribution in [1.29, 1.82) is 0 Å². The number of rotatable bonds is 10. The zero-order valence-corrected chi connectivity index (χ0v) is 19.6. The molecular formula is C22H38N4O2S. The average molecular weight is 423 g/mol. The lowest BCUT2D eigenvalue weighted by molar-refractivity contribution is 0.175. The second kappa shape index (κ2) is 12.2. The molecule has 0 saturated carbocycles. The summed E-state index contributed by atoms with van der Waals surface area (Å²) < 4.78 is 10.8. The van der Waals surface area contributed by atoms with Crippen LogP contribution in [-0.2, 0) is 6.42 Å². The molecule has 7 heteroatoms. The molecule has 0 atom stereocenters. The molecule has 0 amide bonds. The van der Waals surface area contributed by atoms with Gasteiger partial charge in [-0.15, -0.1) is 0 Å². The second-order valence-electron chi connectivity index (χ2n) is 8.06. The van der Waals surface area contributed by atoms with Crippen molar-refractivity contribution in [1.82, 2.24) is 20.0 Å². The Hall–Kier alpha value is -1.57. The van der Waals surface area contributed by atoms with Crippen molar-refractivity contribution in [3.8, 4) is 11.5 Å². The summed E-state index contributed by atoms with van der Waals surface area (Å²) >= 11 is 5.81. The third-order valence-electron chi connectivity index (χ3n) is 5.54. The summed E-state index contributed by atoms with van der Waals surface area (Å²) in [5, 5.41) is 4.38. The Morgan fingerprint density at radius 1 is 1.14 bits per heavy atom. The van der Waals surface area contributed by atoms with E-state index in [2.05, 4.69) is 53.3 Å². The molecule has 0 spiro atoms. The molecular weight excluding hydrogens is 384 g/mol. The molecule has 1 aliphatic rings. The lowest BCUT2D eigenvalue weighted by Gasteiger charge is -2.39. The highest BCUT2D eigenvalue weighted by molar-refractivity contribution is 7.80. The van der Waals surface area contributed by atoms with Gasteiger partial charge in [-0.25, -0.2) is 0 Å². The number of methoxy groups -OCH3 is 2. The Morgan fingerprint density at radius 2 is 1.83 bits per heavy atom.